The number of aromatic nitrogens is 1. The van der Waals surface area contributed by atoms with Crippen LogP contribution in [0.25, 0.3) is 0 Å². The largest absolute Gasteiger partial charge is 0.439 e. The van der Waals surface area contributed by atoms with Gasteiger partial charge in [0, 0.05) is 18.8 Å². The second-order valence-electron chi connectivity index (χ2n) is 6.38. The van der Waals surface area contributed by atoms with Gasteiger partial charge in [-0.2, -0.15) is 0 Å². The van der Waals surface area contributed by atoms with E-state index in [-0.39, 0.29) is 12.5 Å². The Bertz CT molecular complexity index is 731. The van der Waals surface area contributed by atoms with Crippen molar-refractivity contribution in [2.24, 2.45) is 0 Å². The van der Waals surface area contributed by atoms with Crippen molar-refractivity contribution in [2.75, 3.05) is 6.54 Å². The highest BCUT2D eigenvalue weighted by molar-refractivity contribution is 6.33. The Hall–Kier alpha value is -2.11. The van der Waals surface area contributed by atoms with Crippen LogP contribution >= 0.6 is 11.6 Å². The van der Waals surface area contributed by atoms with Gasteiger partial charge >= 0.3 is 0 Å². The van der Waals surface area contributed by atoms with Crippen LogP contribution in [-0.4, -0.2) is 28.1 Å². The Balaban J connectivity index is 1.68. The maximum Gasteiger partial charge on any atom is 0.253 e. The molecular weight excluding hydrogens is 340 g/mol. The molecule has 1 saturated carbocycles. The van der Waals surface area contributed by atoms with Crippen molar-refractivity contribution in [3.8, 4) is 11.6 Å². The summed E-state index contributed by atoms with van der Waals surface area (Å²) in [5.41, 5.74) is -0.503. The Morgan fingerprint density at radius 2 is 2.04 bits per heavy atom. The van der Waals surface area contributed by atoms with E-state index in [1.54, 1.807) is 36.5 Å². The molecule has 3 rings (SSSR count). The predicted molar refractivity (Wildman–Crippen MR) is 96.1 cm³/mol. The number of ether oxygens (including phenoxy) is 1. The van der Waals surface area contributed by atoms with Gasteiger partial charge < -0.3 is 15.2 Å². The molecule has 2 aromatic rings. The van der Waals surface area contributed by atoms with Crippen LogP contribution in [0.5, 0.6) is 11.6 Å². The standard InChI is InChI=1S/C19H21ClN2O3/c20-16-8-7-14(25-17-6-2-5-11-21-17)12-15(16)18(23)22-13-19(24)9-3-1-4-10-19/h2,5-8,11-12,24H,1,3-4,9-10,13H2,(H,22,23). The van der Waals surface area contributed by atoms with Crippen molar-refractivity contribution in [1.29, 1.82) is 0 Å². The van der Waals surface area contributed by atoms with E-state index >= 15 is 0 Å². The van der Waals surface area contributed by atoms with Crippen molar-refractivity contribution in [2.45, 2.75) is 37.7 Å². The number of nitrogens with one attached hydrogen (secondary N) is 1. The van der Waals surface area contributed by atoms with E-state index in [4.69, 9.17) is 16.3 Å². The minimum Gasteiger partial charge on any atom is -0.439 e. The average molecular weight is 361 g/mol. The number of amides is 1. The second-order valence-corrected chi connectivity index (χ2v) is 6.79. The molecule has 1 amide bonds. The molecule has 25 heavy (non-hydrogen) atoms. The molecule has 0 unspecified atom stereocenters. The van der Waals surface area contributed by atoms with E-state index < -0.39 is 5.60 Å². The summed E-state index contributed by atoms with van der Waals surface area (Å²) in [5.74, 6) is 0.591. The molecule has 0 saturated heterocycles. The number of rotatable bonds is 5. The molecule has 6 heteroatoms. The highest BCUT2D eigenvalue weighted by atomic mass is 35.5. The van der Waals surface area contributed by atoms with Crippen molar-refractivity contribution in [3.63, 3.8) is 0 Å². The third-order valence-corrected chi connectivity index (χ3v) is 4.73. The van der Waals surface area contributed by atoms with Gasteiger partial charge in [0.05, 0.1) is 16.2 Å². The van der Waals surface area contributed by atoms with Crippen molar-refractivity contribution >= 4 is 17.5 Å². The van der Waals surface area contributed by atoms with Gasteiger partial charge in [0.1, 0.15) is 5.75 Å². The fraction of sp³-hybridized carbons (Fsp3) is 0.368. The van der Waals surface area contributed by atoms with Gasteiger partial charge in [-0.25, -0.2) is 4.98 Å². The molecule has 0 spiro atoms. The first-order valence-electron chi connectivity index (χ1n) is 8.45. The van der Waals surface area contributed by atoms with Gasteiger partial charge in [-0.3, -0.25) is 4.79 Å². The Morgan fingerprint density at radius 3 is 2.76 bits per heavy atom. The van der Waals surface area contributed by atoms with Crippen molar-refractivity contribution < 1.29 is 14.6 Å². The van der Waals surface area contributed by atoms with Crippen molar-refractivity contribution in [1.82, 2.24) is 10.3 Å². The van der Waals surface area contributed by atoms with Gasteiger partial charge in [-0.15, -0.1) is 0 Å². The van der Waals surface area contributed by atoms with Crippen LogP contribution in [0.3, 0.4) is 0 Å². The molecule has 1 fully saturated rings. The number of carbonyl (C=O) groups is 1. The first-order chi connectivity index (χ1) is 12.1. The number of pyridine rings is 1. The van der Waals surface area contributed by atoms with Crippen LogP contribution in [0.1, 0.15) is 42.5 Å². The van der Waals surface area contributed by atoms with Crippen LogP contribution in [0.15, 0.2) is 42.6 Å². The molecule has 5 nitrogen and oxygen atoms in total. The zero-order chi connectivity index (χ0) is 17.7. The maximum absolute atomic E-state index is 12.5. The molecule has 1 aliphatic rings. The topological polar surface area (TPSA) is 71.5 Å². The number of hydrogen-bond donors (Lipinski definition) is 2. The third-order valence-electron chi connectivity index (χ3n) is 4.40. The van der Waals surface area contributed by atoms with Crippen LogP contribution < -0.4 is 10.1 Å². The quantitative estimate of drug-likeness (QED) is 0.846. The lowest BCUT2D eigenvalue weighted by atomic mass is 9.85. The lowest BCUT2D eigenvalue weighted by Gasteiger charge is -2.32. The zero-order valence-corrected chi connectivity index (χ0v) is 14.6. The first kappa shape index (κ1) is 17.7. The number of halogens is 1. The Kier molecular flexibility index (Phi) is 5.56. The monoisotopic (exact) mass is 360 g/mol. The molecule has 1 aromatic heterocycles. The summed E-state index contributed by atoms with van der Waals surface area (Å²) < 4.78 is 5.64. The summed E-state index contributed by atoms with van der Waals surface area (Å²) in [4.78, 5) is 16.6. The van der Waals surface area contributed by atoms with E-state index in [1.165, 1.54) is 0 Å². The molecule has 1 aromatic carbocycles. The average Bonchev–Trinajstić information content (AvgIpc) is 2.63. The predicted octanol–water partition coefficient (Wildman–Crippen LogP) is 3.95. The summed E-state index contributed by atoms with van der Waals surface area (Å²) in [6.45, 7) is 0.230. The summed E-state index contributed by atoms with van der Waals surface area (Å²) in [6.07, 6.45) is 6.16. The molecule has 0 bridgehead atoms. The van der Waals surface area contributed by atoms with E-state index in [9.17, 15) is 9.90 Å². The van der Waals surface area contributed by atoms with Gasteiger partial charge in [-0.05, 0) is 37.1 Å². The highest BCUT2D eigenvalue weighted by Crippen LogP contribution is 2.28. The van der Waals surface area contributed by atoms with E-state index in [2.05, 4.69) is 10.3 Å². The van der Waals surface area contributed by atoms with Gasteiger partial charge in [0.25, 0.3) is 5.91 Å². The molecular formula is C19H21ClN2O3. The van der Waals surface area contributed by atoms with Gasteiger partial charge in [0.15, 0.2) is 0 Å². The lowest BCUT2D eigenvalue weighted by molar-refractivity contribution is 0.00526. The maximum atomic E-state index is 12.5. The number of carbonyl (C=O) groups excluding carboxylic acids is 1. The number of nitrogens with zero attached hydrogens (tertiary/aromatic N) is 1. The first-order valence-corrected chi connectivity index (χ1v) is 8.83. The fourth-order valence-corrected chi connectivity index (χ4v) is 3.20. The van der Waals surface area contributed by atoms with Crippen LogP contribution in [0, 0.1) is 0 Å². The molecule has 1 aliphatic carbocycles. The lowest BCUT2D eigenvalue weighted by Crippen LogP contribution is -2.44. The van der Waals surface area contributed by atoms with Gasteiger partial charge in [-0.1, -0.05) is 36.9 Å². The van der Waals surface area contributed by atoms with Crippen LogP contribution in [0.2, 0.25) is 5.02 Å². The number of aliphatic hydroxyl groups is 1. The smallest absolute Gasteiger partial charge is 0.253 e. The highest BCUT2D eigenvalue weighted by Gasteiger charge is 2.29. The summed E-state index contributed by atoms with van der Waals surface area (Å²) in [5, 5.41) is 13.6. The number of hydrogen-bond acceptors (Lipinski definition) is 4. The SMILES string of the molecule is O=C(NCC1(O)CCCCC1)c1cc(Oc2ccccn2)ccc1Cl. The minimum atomic E-state index is -0.817. The normalized spacial score (nSPS) is 16.2. The zero-order valence-electron chi connectivity index (χ0n) is 13.9. The molecule has 132 valence electrons. The Labute approximate surface area is 152 Å². The van der Waals surface area contributed by atoms with Crippen LogP contribution in [0.4, 0.5) is 0 Å². The molecule has 2 N–H and O–H groups in total. The van der Waals surface area contributed by atoms with E-state index in [0.29, 0.717) is 35.1 Å². The van der Waals surface area contributed by atoms with Crippen molar-refractivity contribution in [3.05, 3.63) is 53.2 Å². The van der Waals surface area contributed by atoms with E-state index in [1.807, 2.05) is 6.07 Å². The van der Waals surface area contributed by atoms with Crippen LogP contribution in [-0.2, 0) is 0 Å². The molecule has 0 radical (unpaired) electrons. The molecule has 1 heterocycles. The molecule has 0 atom stereocenters. The van der Waals surface area contributed by atoms with Gasteiger partial charge in [0.2, 0.25) is 5.88 Å². The van der Waals surface area contributed by atoms with E-state index in [0.717, 1.165) is 19.3 Å². The number of benzene rings is 1. The second kappa shape index (κ2) is 7.85. The Morgan fingerprint density at radius 1 is 1.24 bits per heavy atom. The minimum absolute atomic E-state index is 0.230. The summed E-state index contributed by atoms with van der Waals surface area (Å²) in [6, 6.07) is 10.2. The summed E-state index contributed by atoms with van der Waals surface area (Å²) >= 11 is 6.16. The third kappa shape index (κ3) is 4.71. The molecule has 0 aliphatic heterocycles. The summed E-state index contributed by atoms with van der Waals surface area (Å²) in [7, 11) is 0. The fourth-order valence-electron chi connectivity index (χ4n) is 3.00.